The maximum atomic E-state index is 13.4. The average Bonchev–Trinajstić information content (AvgIpc) is 2.86. The van der Waals surface area contributed by atoms with E-state index in [1.54, 1.807) is 0 Å². The Balaban J connectivity index is 1.70. The van der Waals surface area contributed by atoms with Crippen LogP contribution < -0.4 is 0 Å². The van der Waals surface area contributed by atoms with Crippen molar-refractivity contribution in [1.29, 1.82) is 0 Å². The Morgan fingerprint density at radius 3 is 2.62 bits per heavy atom. The van der Waals surface area contributed by atoms with Gasteiger partial charge in [-0.2, -0.15) is 0 Å². The first-order valence-corrected chi connectivity index (χ1v) is 11.3. The number of halogens is 1. The fourth-order valence-corrected chi connectivity index (χ4v) is 8.09. The zero-order valence-electron chi connectivity index (χ0n) is 15.8. The Bertz CT molecular complexity index is 636. The zero-order chi connectivity index (χ0) is 18.9. The van der Waals surface area contributed by atoms with Crippen molar-refractivity contribution in [3.8, 4) is 0 Å². The molecule has 0 spiro atoms. The molecular weight excluding hydrogens is 396 g/mol. The van der Waals surface area contributed by atoms with Crippen LogP contribution >= 0.6 is 15.9 Å². The second-order valence-electron chi connectivity index (χ2n) is 9.97. The topological polar surface area (TPSA) is 74.6 Å². The molecule has 4 fully saturated rings. The molecule has 2 N–H and O–H groups in total. The molecule has 0 amide bonds. The Morgan fingerprint density at radius 1 is 1.19 bits per heavy atom. The van der Waals surface area contributed by atoms with Crippen LogP contribution in [0.5, 0.6) is 0 Å². The van der Waals surface area contributed by atoms with Gasteiger partial charge in [-0.15, -0.1) is 0 Å². The van der Waals surface area contributed by atoms with Crippen LogP contribution in [0, 0.1) is 34.5 Å². The first-order valence-electron chi connectivity index (χ1n) is 10.2. The lowest BCUT2D eigenvalue weighted by atomic mass is 9.44. The monoisotopic (exact) mass is 426 g/mol. The van der Waals surface area contributed by atoms with Gasteiger partial charge in [0.1, 0.15) is 11.4 Å². The van der Waals surface area contributed by atoms with Gasteiger partial charge in [0, 0.05) is 17.8 Å². The molecule has 4 saturated carbocycles. The third-order valence-corrected chi connectivity index (χ3v) is 9.57. The number of aliphatic hydroxyl groups excluding tert-OH is 1. The number of fused-ring (bicyclic) bond motifs is 5. The van der Waals surface area contributed by atoms with Crippen molar-refractivity contribution in [3.63, 3.8) is 0 Å². The van der Waals surface area contributed by atoms with Crippen LogP contribution in [0.1, 0.15) is 65.2 Å². The van der Waals surface area contributed by atoms with Crippen molar-refractivity contribution in [2.75, 3.05) is 5.33 Å². The fourth-order valence-electron chi connectivity index (χ4n) is 7.62. The van der Waals surface area contributed by atoms with E-state index in [4.69, 9.17) is 0 Å². The van der Waals surface area contributed by atoms with Crippen LogP contribution in [0.25, 0.3) is 0 Å². The number of Topliss-reactive ketones (excluding diaryl/α,β-unsaturated/α-hetero) is 2. The molecule has 4 rings (SSSR count). The van der Waals surface area contributed by atoms with Crippen LogP contribution in [-0.2, 0) is 9.59 Å². The van der Waals surface area contributed by atoms with Crippen LogP contribution in [0.3, 0.4) is 0 Å². The lowest BCUT2D eigenvalue weighted by molar-refractivity contribution is -0.177. The van der Waals surface area contributed by atoms with Crippen molar-refractivity contribution < 1.29 is 19.8 Å². The molecule has 0 aromatic heterocycles. The second kappa shape index (κ2) is 6.12. The highest BCUT2D eigenvalue weighted by molar-refractivity contribution is 9.09. The summed E-state index contributed by atoms with van der Waals surface area (Å²) >= 11 is 3.23. The summed E-state index contributed by atoms with van der Waals surface area (Å²) in [4.78, 5) is 26.0. The summed E-state index contributed by atoms with van der Waals surface area (Å²) in [6.07, 6.45) is 5.98. The summed E-state index contributed by atoms with van der Waals surface area (Å²) in [5.74, 6) is 1.05. The lowest BCUT2D eigenvalue weighted by Crippen LogP contribution is -2.62. The maximum Gasteiger partial charge on any atom is 0.175 e. The predicted molar refractivity (Wildman–Crippen MR) is 102 cm³/mol. The quantitative estimate of drug-likeness (QED) is 0.664. The molecule has 4 aliphatic rings. The molecule has 146 valence electrons. The molecule has 0 aromatic rings. The molecule has 8 atom stereocenters. The Labute approximate surface area is 164 Å². The summed E-state index contributed by atoms with van der Waals surface area (Å²) in [6.45, 7) is 4.25. The molecular formula is C21H31BrO4. The smallest absolute Gasteiger partial charge is 0.175 e. The molecule has 4 aliphatic carbocycles. The van der Waals surface area contributed by atoms with E-state index in [2.05, 4.69) is 22.9 Å². The van der Waals surface area contributed by atoms with Gasteiger partial charge < -0.3 is 10.2 Å². The van der Waals surface area contributed by atoms with Gasteiger partial charge in [-0.05, 0) is 68.1 Å². The predicted octanol–water partition coefficient (Wildman–Crippen LogP) is 3.26. The van der Waals surface area contributed by atoms with E-state index in [1.165, 1.54) is 0 Å². The summed E-state index contributed by atoms with van der Waals surface area (Å²) < 4.78 is 0. The number of carbonyl (C=O) groups is 2. The minimum Gasteiger partial charge on any atom is -0.393 e. The van der Waals surface area contributed by atoms with Gasteiger partial charge in [0.2, 0.25) is 0 Å². The minimum absolute atomic E-state index is 0.0271. The number of rotatable bonds is 2. The number of ketones is 2. The Hall–Kier alpha value is -0.260. The van der Waals surface area contributed by atoms with Crippen molar-refractivity contribution >= 4 is 27.5 Å². The standard InChI is InChI=1S/C21H31BrO4/c1-19-7-5-13(23)9-12(19)3-4-14-15-6-8-21(26,17(25)11-22)20(15,2)10-16(24)18(14)19/h12-15,18,23,26H,3-11H2,1-2H3/t12-,13+,14-,15-,18+,19-,20-,21-/m0/s1. The third kappa shape index (κ3) is 2.32. The first-order chi connectivity index (χ1) is 12.2. The molecule has 5 heteroatoms. The third-order valence-electron chi connectivity index (χ3n) is 9.06. The van der Waals surface area contributed by atoms with Crippen molar-refractivity contribution in [2.24, 2.45) is 34.5 Å². The molecule has 0 saturated heterocycles. The number of alkyl halides is 1. The van der Waals surface area contributed by atoms with Crippen LogP contribution in [0.15, 0.2) is 0 Å². The normalized spacial score (nSPS) is 53.6. The molecule has 0 aromatic carbocycles. The van der Waals surface area contributed by atoms with Gasteiger partial charge in [-0.25, -0.2) is 0 Å². The maximum absolute atomic E-state index is 13.4. The molecule has 4 nitrogen and oxygen atoms in total. The van der Waals surface area contributed by atoms with E-state index in [0.717, 1.165) is 38.5 Å². The summed E-state index contributed by atoms with van der Waals surface area (Å²) in [5, 5.41) is 21.5. The van der Waals surface area contributed by atoms with Crippen molar-refractivity contribution in [1.82, 2.24) is 0 Å². The fraction of sp³-hybridized carbons (Fsp3) is 0.905. The van der Waals surface area contributed by atoms with Gasteiger partial charge in [0.15, 0.2) is 5.78 Å². The molecule has 0 radical (unpaired) electrons. The highest BCUT2D eigenvalue weighted by atomic mass is 79.9. The van der Waals surface area contributed by atoms with Gasteiger partial charge in [-0.3, -0.25) is 9.59 Å². The number of hydrogen-bond donors (Lipinski definition) is 2. The van der Waals surface area contributed by atoms with Gasteiger partial charge >= 0.3 is 0 Å². The second-order valence-corrected chi connectivity index (χ2v) is 10.5. The van der Waals surface area contributed by atoms with Gasteiger partial charge in [-0.1, -0.05) is 29.8 Å². The SMILES string of the molecule is C[C@]12CC[C@@H](O)C[C@@H]1CC[C@@H]1[C@@H]2C(=O)C[C@@]2(C)[C@H]1CC[C@]2(O)C(=O)CBr. The molecule has 0 heterocycles. The molecule has 26 heavy (non-hydrogen) atoms. The van der Waals surface area contributed by atoms with E-state index in [1.807, 2.05) is 6.92 Å². The first kappa shape index (κ1) is 19.1. The van der Waals surface area contributed by atoms with Crippen LogP contribution in [0.2, 0.25) is 0 Å². The van der Waals surface area contributed by atoms with E-state index in [-0.39, 0.29) is 46.2 Å². The Morgan fingerprint density at radius 2 is 1.92 bits per heavy atom. The number of hydrogen-bond acceptors (Lipinski definition) is 4. The van der Waals surface area contributed by atoms with E-state index < -0.39 is 11.0 Å². The van der Waals surface area contributed by atoms with E-state index in [9.17, 15) is 19.8 Å². The highest BCUT2D eigenvalue weighted by Gasteiger charge is 2.68. The largest absolute Gasteiger partial charge is 0.393 e. The molecule has 0 aliphatic heterocycles. The average molecular weight is 427 g/mol. The summed E-state index contributed by atoms with van der Waals surface area (Å²) in [6, 6.07) is 0. The van der Waals surface area contributed by atoms with Gasteiger partial charge in [0.25, 0.3) is 0 Å². The molecule has 0 bridgehead atoms. The van der Waals surface area contributed by atoms with E-state index in [0.29, 0.717) is 18.8 Å². The van der Waals surface area contributed by atoms with E-state index >= 15 is 0 Å². The van der Waals surface area contributed by atoms with Gasteiger partial charge in [0.05, 0.1) is 11.4 Å². The molecule has 0 unspecified atom stereocenters. The van der Waals surface area contributed by atoms with Crippen molar-refractivity contribution in [2.45, 2.75) is 76.9 Å². The van der Waals surface area contributed by atoms with Crippen molar-refractivity contribution in [3.05, 3.63) is 0 Å². The Kier molecular flexibility index (Phi) is 4.49. The van der Waals surface area contributed by atoms with Crippen LogP contribution in [-0.4, -0.2) is 38.8 Å². The number of aliphatic hydroxyl groups is 2. The van der Waals surface area contributed by atoms with Crippen LogP contribution in [0.4, 0.5) is 0 Å². The summed E-state index contributed by atoms with van der Waals surface area (Å²) in [7, 11) is 0. The lowest BCUT2D eigenvalue weighted by Gasteiger charge is -2.60. The highest BCUT2D eigenvalue weighted by Crippen LogP contribution is 2.67. The number of carbonyl (C=O) groups excluding carboxylic acids is 2. The minimum atomic E-state index is -1.37. The zero-order valence-corrected chi connectivity index (χ0v) is 17.4. The summed E-state index contributed by atoms with van der Waals surface area (Å²) in [5.41, 5.74) is -2.03.